The summed E-state index contributed by atoms with van der Waals surface area (Å²) in [4.78, 5) is 12.9. The van der Waals surface area contributed by atoms with Gasteiger partial charge in [0.05, 0.1) is 5.41 Å². The summed E-state index contributed by atoms with van der Waals surface area (Å²) in [5, 5.41) is -0.142. The van der Waals surface area contributed by atoms with Crippen LogP contribution < -0.4 is 0 Å². The Morgan fingerprint density at radius 2 is 1.12 bits per heavy atom. The average molecular weight is 332 g/mol. The summed E-state index contributed by atoms with van der Waals surface area (Å²) < 4.78 is 0. The van der Waals surface area contributed by atoms with Crippen LogP contribution >= 0.6 is 12.6 Å². The third-order valence-electron chi connectivity index (χ3n) is 4.74. The number of carbonyl (C=O) groups excluding carboxylic acids is 1. The molecular formula is C22H20OS. The Morgan fingerprint density at radius 1 is 0.750 bits per heavy atom. The van der Waals surface area contributed by atoms with Gasteiger partial charge in [-0.05, 0) is 16.7 Å². The summed E-state index contributed by atoms with van der Waals surface area (Å²) in [5.74, 6) is -0.0477. The first-order valence-electron chi connectivity index (χ1n) is 8.06. The molecule has 0 heterocycles. The van der Waals surface area contributed by atoms with E-state index in [1.54, 1.807) is 0 Å². The lowest BCUT2D eigenvalue weighted by molar-refractivity contribution is -0.115. The summed E-state index contributed by atoms with van der Waals surface area (Å²) in [6, 6.07) is 30.0. The van der Waals surface area contributed by atoms with Crippen LogP contribution in [0.3, 0.4) is 0 Å². The van der Waals surface area contributed by atoms with E-state index in [4.69, 9.17) is 0 Å². The van der Waals surface area contributed by atoms with Crippen LogP contribution in [0.4, 0.5) is 0 Å². The predicted molar refractivity (Wildman–Crippen MR) is 103 cm³/mol. The molecule has 3 rings (SSSR count). The van der Waals surface area contributed by atoms with Crippen molar-refractivity contribution in [2.45, 2.75) is 18.3 Å². The maximum absolute atomic E-state index is 12.9. The number of hydrogen-bond acceptors (Lipinski definition) is 1. The van der Waals surface area contributed by atoms with E-state index >= 15 is 0 Å². The van der Waals surface area contributed by atoms with Gasteiger partial charge >= 0.3 is 0 Å². The van der Waals surface area contributed by atoms with Gasteiger partial charge in [0.1, 0.15) is 0 Å². The number of rotatable bonds is 5. The molecule has 1 nitrogen and oxygen atoms in total. The number of benzene rings is 3. The van der Waals surface area contributed by atoms with Crippen LogP contribution in [0.5, 0.6) is 0 Å². The summed E-state index contributed by atoms with van der Waals surface area (Å²) in [7, 11) is 0. The SMILES string of the molecule is CC(c1ccccc1)C(C(=O)S)(c1ccccc1)c1ccccc1. The van der Waals surface area contributed by atoms with E-state index in [0.717, 1.165) is 16.7 Å². The molecule has 3 aromatic carbocycles. The Morgan fingerprint density at radius 3 is 1.50 bits per heavy atom. The summed E-state index contributed by atoms with van der Waals surface area (Å²) in [5.41, 5.74) is 2.22. The van der Waals surface area contributed by atoms with E-state index in [0.29, 0.717) is 0 Å². The first-order chi connectivity index (χ1) is 11.7. The van der Waals surface area contributed by atoms with E-state index < -0.39 is 5.41 Å². The molecule has 3 aromatic rings. The molecule has 0 bridgehead atoms. The van der Waals surface area contributed by atoms with Crippen molar-refractivity contribution in [2.24, 2.45) is 0 Å². The van der Waals surface area contributed by atoms with E-state index in [1.165, 1.54) is 0 Å². The summed E-state index contributed by atoms with van der Waals surface area (Å²) >= 11 is 4.35. The zero-order valence-corrected chi connectivity index (χ0v) is 14.5. The van der Waals surface area contributed by atoms with Crippen LogP contribution in [0.15, 0.2) is 91.0 Å². The quantitative estimate of drug-likeness (QED) is 0.633. The van der Waals surface area contributed by atoms with Crippen molar-refractivity contribution in [3.63, 3.8) is 0 Å². The molecule has 0 spiro atoms. The molecule has 0 N–H and O–H groups in total. The molecule has 0 fully saturated rings. The Labute approximate surface area is 148 Å². The molecule has 0 aliphatic carbocycles. The van der Waals surface area contributed by atoms with Gasteiger partial charge in [-0.1, -0.05) is 97.9 Å². The third-order valence-corrected chi connectivity index (χ3v) is 5.10. The topological polar surface area (TPSA) is 17.1 Å². The van der Waals surface area contributed by atoms with Crippen molar-refractivity contribution in [1.29, 1.82) is 0 Å². The van der Waals surface area contributed by atoms with Gasteiger partial charge in [-0.25, -0.2) is 0 Å². The lowest BCUT2D eigenvalue weighted by atomic mass is 9.65. The second-order valence-electron chi connectivity index (χ2n) is 5.98. The van der Waals surface area contributed by atoms with Gasteiger partial charge in [0.2, 0.25) is 5.12 Å². The van der Waals surface area contributed by atoms with Crippen molar-refractivity contribution >= 4 is 17.7 Å². The van der Waals surface area contributed by atoms with Gasteiger partial charge < -0.3 is 0 Å². The second-order valence-corrected chi connectivity index (χ2v) is 6.38. The number of thiol groups is 1. The lowest BCUT2D eigenvalue weighted by Gasteiger charge is -2.38. The highest BCUT2D eigenvalue weighted by molar-refractivity contribution is 7.96. The molecule has 0 saturated carbocycles. The fourth-order valence-electron chi connectivity index (χ4n) is 3.49. The monoisotopic (exact) mass is 332 g/mol. The normalized spacial score (nSPS) is 12.6. The van der Waals surface area contributed by atoms with Crippen LogP contribution in [0.25, 0.3) is 0 Å². The molecule has 0 amide bonds. The standard InChI is InChI=1S/C22H20OS/c1-17(18-11-5-2-6-12-18)22(21(23)24,19-13-7-3-8-14-19)20-15-9-4-10-16-20/h2-17H,1H3,(H,23,24). The van der Waals surface area contributed by atoms with Crippen LogP contribution in [-0.4, -0.2) is 5.12 Å². The van der Waals surface area contributed by atoms with Gasteiger partial charge in [0, 0.05) is 5.92 Å². The zero-order valence-electron chi connectivity index (χ0n) is 13.6. The minimum Gasteiger partial charge on any atom is -0.286 e. The van der Waals surface area contributed by atoms with Crippen LogP contribution in [0.1, 0.15) is 29.5 Å². The maximum atomic E-state index is 12.9. The van der Waals surface area contributed by atoms with E-state index in [-0.39, 0.29) is 11.0 Å². The van der Waals surface area contributed by atoms with Gasteiger partial charge in [-0.3, -0.25) is 4.79 Å². The minimum absolute atomic E-state index is 0.0477. The zero-order chi connectivity index (χ0) is 17.0. The van der Waals surface area contributed by atoms with Crippen LogP contribution in [0.2, 0.25) is 0 Å². The number of hydrogen-bond donors (Lipinski definition) is 1. The summed E-state index contributed by atoms with van der Waals surface area (Å²) in [6.45, 7) is 2.10. The van der Waals surface area contributed by atoms with Crippen LogP contribution in [-0.2, 0) is 10.2 Å². The summed E-state index contributed by atoms with van der Waals surface area (Å²) in [6.07, 6.45) is 0. The first-order valence-corrected chi connectivity index (χ1v) is 8.51. The number of carbonyl (C=O) groups is 1. The molecule has 24 heavy (non-hydrogen) atoms. The largest absolute Gasteiger partial charge is 0.286 e. The van der Waals surface area contributed by atoms with Crippen molar-refractivity contribution < 1.29 is 4.79 Å². The highest BCUT2D eigenvalue weighted by Gasteiger charge is 2.45. The van der Waals surface area contributed by atoms with E-state index in [1.807, 2.05) is 78.9 Å². The van der Waals surface area contributed by atoms with Crippen molar-refractivity contribution in [1.82, 2.24) is 0 Å². The van der Waals surface area contributed by atoms with Crippen molar-refractivity contribution in [3.05, 3.63) is 108 Å². The van der Waals surface area contributed by atoms with Gasteiger partial charge in [-0.15, -0.1) is 12.6 Å². The molecule has 2 heteroatoms. The molecule has 0 aliphatic heterocycles. The lowest BCUT2D eigenvalue weighted by Crippen LogP contribution is -2.39. The molecular weight excluding hydrogens is 312 g/mol. The van der Waals surface area contributed by atoms with Crippen LogP contribution in [0, 0.1) is 0 Å². The molecule has 0 aromatic heterocycles. The molecule has 1 unspecified atom stereocenters. The smallest absolute Gasteiger partial charge is 0.201 e. The van der Waals surface area contributed by atoms with E-state index in [2.05, 4.69) is 31.7 Å². The second kappa shape index (κ2) is 7.06. The Balaban J connectivity index is 2.29. The Hall–Kier alpha value is -2.32. The minimum atomic E-state index is -0.826. The molecule has 0 aliphatic rings. The maximum Gasteiger partial charge on any atom is 0.201 e. The molecule has 0 radical (unpaired) electrons. The Bertz CT molecular complexity index is 758. The third kappa shape index (κ3) is 2.78. The first kappa shape index (κ1) is 16.5. The van der Waals surface area contributed by atoms with Gasteiger partial charge in [0.25, 0.3) is 0 Å². The van der Waals surface area contributed by atoms with Crippen molar-refractivity contribution in [3.8, 4) is 0 Å². The predicted octanol–water partition coefficient (Wildman–Crippen LogP) is 5.23. The van der Waals surface area contributed by atoms with Gasteiger partial charge in [0.15, 0.2) is 0 Å². The fraction of sp³-hybridized carbons (Fsp3) is 0.136. The van der Waals surface area contributed by atoms with E-state index in [9.17, 15) is 4.79 Å². The highest BCUT2D eigenvalue weighted by Crippen LogP contribution is 2.46. The van der Waals surface area contributed by atoms with Crippen molar-refractivity contribution in [2.75, 3.05) is 0 Å². The van der Waals surface area contributed by atoms with Gasteiger partial charge in [-0.2, -0.15) is 0 Å². The highest BCUT2D eigenvalue weighted by atomic mass is 32.1. The molecule has 1 atom stereocenters. The molecule has 0 saturated heterocycles. The fourth-order valence-corrected chi connectivity index (χ4v) is 3.94. The molecule has 120 valence electrons. The average Bonchev–Trinajstić information content (AvgIpc) is 2.64. The Kier molecular flexibility index (Phi) is 4.86.